The SMILES string of the molecule is CCOc1ccc([S+]2CCCOCCC2)c2ccccc12. The van der Waals surface area contributed by atoms with E-state index < -0.39 is 0 Å². The maximum atomic E-state index is 5.79. The third-order valence-electron chi connectivity index (χ3n) is 3.81. The standard InChI is InChI=1S/C18H23O2S/c1-2-20-17-9-10-18(16-8-4-3-7-15(16)17)21-13-5-11-19-12-6-14-21/h3-4,7-10H,2,5-6,11-14H2,1H3/q+1. The minimum absolute atomic E-state index is 0.341. The lowest BCUT2D eigenvalue weighted by Gasteiger charge is -2.15. The lowest BCUT2D eigenvalue weighted by molar-refractivity contribution is 0.135. The van der Waals surface area contributed by atoms with Gasteiger partial charge in [-0.3, -0.25) is 0 Å². The van der Waals surface area contributed by atoms with Crippen LogP contribution in [-0.4, -0.2) is 31.3 Å². The predicted molar refractivity (Wildman–Crippen MR) is 90.5 cm³/mol. The van der Waals surface area contributed by atoms with E-state index in [1.165, 1.54) is 40.0 Å². The topological polar surface area (TPSA) is 18.5 Å². The van der Waals surface area contributed by atoms with E-state index in [-0.39, 0.29) is 0 Å². The monoisotopic (exact) mass is 303 g/mol. The molecule has 0 unspecified atom stereocenters. The highest BCUT2D eigenvalue weighted by molar-refractivity contribution is 7.97. The van der Waals surface area contributed by atoms with E-state index in [9.17, 15) is 0 Å². The molecular weight excluding hydrogens is 280 g/mol. The van der Waals surface area contributed by atoms with Crippen molar-refractivity contribution in [1.82, 2.24) is 0 Å². The van der Waals surface area contributed by atoms with E-state index in [0.717, 1.165) is 19.0 Å². The van der Waals surface area contributed by atoms with Crippen LogP contribution in [-0.2, 0) is 15.6 Å². The van der Waals surface area contributed by atoms with Crippen LogP contribution in [0.2, 0.25) is 0 Å². The van der Waals surface area contributed by atoms with Crippen molar-refractivity contribution < 1.29 is 9.47 Å². The molecule has 1 aliphatic rings. The fraction of sp³-hybridized carbons (Fsp3) is 0.444. The smallest absolute Gasteiger partial charge is 0.162 e. The molecule has 0 N–H and O–H groups in total. The average molecular weight is 303 g/mol. The molecule has 3 heteroatoms. The summed E-state index contributed by atoms with van der Waals surface area (Å²) in [5.41, 5.74) is 0. The van der Waals surface area contributed by atoms with Crippen molar-refractivity contribution >= 4 is 21.7 Å². The van der Waals surface area contributed by atoms with Gasteiger partial charge >= 0.3 is 0 Å². The number of fused-ring (bicyclic) bond motifs is 1. The fourth-order valence-corrected chi connectivity index (χ4v) is 5.20. The summed E-state index contributed by atoms with van der Waals surface area (Å²) in [6, 6.07) is 13.1. The van der Waals surface area contributed by atoms with Gasteiger partial charge in [-0.25, -0.2) is 0 Å². The van der Waals surface area contributed by atoms with Crippen molar-refractivity contribution in [3.05, 3.63) is 36.4 Å². The Balaban J connectivity index is 1.99. The van der Waals surface area contributed by atoms with Crippen molar-refractivity contribution in [1.29, 1.82) is 0 Å². The van der Waals surface area contributed by atoms with Crippen molar-refractivity contribution in [3.8, 4) is 5.75 Å². The molecule has 2 aromatic rings. The van der Waals surface area contributed by atoms with Gasteiger partial charge in [0.25, 0.3) is 0 Å². The number of hydrogen-bond acceptors (Lipinski definition) is 2. The molecular formula is C18H23O2S+. The Morgan fingerprint density at radius 2 is 1.71 bits per heavy atom. The molecule has 1 fully saturated rings. The molecule has 0 aromatic heterocycles. The highest BCUT2D eigenvalue weighted by atomic mass is 32.2. The zero-order chi connectivity index (χ0) is 14.5. The predicted octanol–water partition coefficient (Wildman–Crippen LogP) is 4.03. The minimum Gasteiger partial charge on any atom is -0.493 e. The van der Waals surface area contributed by atoms with Gasteiger partial charge in [-0.15, -0.1) is 0 Å². The highest BCUT2D eigenvalue weighted by Crippen LogP contribution is 2.33. The highest BCUT2D eigenvalue weighted by Gasteiger charge is 2.25. The molecule has 0 radical (unpaired) electrons. The van der Waals surface area contributed by atoms with Crippen molar-refractivity contribution in [2.45, 2.75) is 24.7 Å². The van der Waals surface area contributed by atoms with Crippen LogP contribution >= 0.6 is 0 Å². The van der Waals surface area contributed by atoms with Gasteiger partial charge in [0.15, 0.2) is 4.90 Å². The van der Waals surface area contributed by atoms with Gasteiger partial charge in [0.2, 0.25) is 0 Å². The maximum Gasteiger partial charge on any atom is 0.162 e. The lowest BCUT2D eigenvalue weighted by atomic mass is 10.1. The Kier molecular flexibility index (Phi) is 5.04. The summed E-state index contributed by atoms with van der Waals surface area (Å²) in [6.45, 7) is 4.59. The third-order valence-corrected chi connectivity index (χ3v) is 6.35. The van der Waals surface area contributed by atoms with Crippen molar-refractivity contribution in [3.63, 3.8) is 0 Å². The van der Waals surface area contributed by atoms with Crippen LogP contribution in [0.3, 0.4) is 0 Å². The van der Waals surface area contributed by atoms with Crippen LogP contribution in [0.15, 0.2) is 41.3 Å². The van der Waals surface area contributed by atoms with Crippen LogP contribution in [0.1, 0.15) is 19.8 Å². The molecule has 0 atom stereocenters. The summed E-state index contributed by atoms with van der Waals surface area (Å²) in [5.74, 6) is 3.51. The lowest BCUT2D eigenvalue weighted by Crippen LogP contribution is -2.19. The molecule has 0 bridgehead atoms. The first kappa shape index (κ1) is 14.7. The van der Waals surface area contributed by atoms with Crippen LogP contribution < -0.4 is 4.74 Å². The number of rotatable bonds is 3. The molecule has 21 heavy (non-hydrogen) atoms. The minimum atomic E-state index is 0.341. The van der Waals surface area contributed by atoms with Gasteiger partial charge in [-0.05, 0) is 25.1 Å². The van der Waals surface area contributed by atoms with E-state index >= 15 is 0 Å². The normalized spacial score (nSPS) is 17.4. The first-order valence-corrected chi connectivity index (χ1v) is 9.36. The number of ether oxygens (including phenoxy) is 2. The second-order valence-corrected chi connectivity index (χ2v) is 7.50. The van der Waals surface area contributed by atoms with Crippen molar-refractivity contribution in [2.24, 2.45) is 0 Å². The van der Waals surface area contributed by atoms with Gasteiger partial charge in [0.1, 0.15) is 17.3 Å². The number of benzene rings is 2. The molecule has 1 heterocycles. The van der Waals surface area contributed by atoms with E-state index in [1.807, 2.05) is 6.92 Å². The maximum absolute atomic E-state index is 5.79. The Bertz CT molecular complexity index is 589. The molecule has 112 valence electrons. The molecule has 0 amide bonds. The molecule has 2 nitrogen and oxygen atoms in total. The largest absolute Gasteiger partial charge is 0.493 e. The summed E-state index contributed by atoms with van der Waals surface area (Å²) in [4.78, 5) is 1.51. The average Bonchev–Trinajstić information content (AvgIpc) is 2.48. The Labute approximate surface area is 129 Å². The van der Waals surface area contributed by atoms with Crippen LogP contribution in [0.25, 0.3) is 10.8 Å². The van der Waals surface area contributed by atoms with Gasteiger partial charge in [-0.2, -0.15) is 0 Å². The summed E-state index contributed by atoms with van der Waals surface area (Å²) < 4.78 is 11.4. The summed E-state index contributed by atoms with van der Waals surface area (Å²) in [7, 11) is 0.341. The van der Waals surface area contributed by atoms with Gasteiger partial charge < -0.3 is 9.47 Å². The van der Waals surface area contributed by atoms with Gasteiger partial charge in [0, 0.05) is 34.5 Å². The Hall–Kier alpha value is -1.19. The van der Waals surface area contributed by atoms with E-state index in [4.69, 9.17) is 9.47 Å². The first-order chi connectivity index (χ1) is 10.4. The summed E-state index contributed by atoms with van der Waals surface area (Å²) in [5, 5.41) is 2.62. The van der Waals surface area contributed by atoms with E-state index in [2.05, 4.69) is 36.4 Å². The first-order valence-electron chi connectivity index (χ1n) is 7.80. The second-order valence-electron chi connectivity index (χ2n) is 5.26. The molecule has 1 saturated heterocycles. The van der Waals surface area contributed by atoms with Gasteiger partial charge in [-0.1, -0.05) is 18.2 Å². The zero-order valence-corrected chi connectivity index (χ0v) is 13.5. The summed E-state index contributed by atoms with van der Waals surface area (Å²) >= 11 is 0. The molecule has 0 saturated carbocycles. The quantitative estimate of drug-likeness (QED) is 0.797. The summed E-state index contributed by atoms with van der Waals surface area (Å²) in [6.07, 6.45) is 2.34. The van der Waals surface area contributed by atoms with E-state index in [0.29, 0.717) is 17.5 Å². The van der Waals surface area contributed by atoms with Crippen LogP contribution in [0, 0.1) is 0 Å². The molecule has 0 spiro atoms. The molecule has 3 rings (SSSR count). The fourth-order valence-electron chi connectivity index (χ4n) is 2.87. The molecule has 1 aliphatic heterocycles. The van der Waals surface area contributed by atoms with E-state index in [1.54, 1.807) is 0 Å². The molecule has 2 aromatic carbocycles. The van der Waals surface area contributed by atoms with Gasteiger partial charge in [0.05, 0.1) is 19.8 Å². The Morgan fingerprint density at radius 3 is 2.43 bits per heavy atom. The van der Waals surface area contributed by atoms with Crippen LogP contribution in [0.4, 0.5) is 0 Å². The van der Waals surface area contributed by atoms with Crippen molar-refractivity contribution in [2.75, 3.05) is 31.3 Å². The Morgan fingerprint density at radius 1 is 1.00 bits per heavy atom. The zero-order valence-electron chi connectivity index (χ0n) is 12.6. The third kappa shape index (κ3) is 3.35. The second kappa shape index (κ2) is 7.19. The van der Waals surface area contributed by atoms with Crippen LogP contribution in [0.5, 0.6) is 5.75 Å². The number of hydrogen-bond donors (Lipinski definition) is 0. The molecule has 0 aliphatic carbocycles.